The second-order valence-electron chi connectivity index (χ2n) is 9.72. The molecule has 3 rings (SSSR count). The summed E-state index contributed by atoms with van der Waals surface area (Å²) in [6, 6.07) is 0. The molecule has 5 heteroatoms. The summed E-state index contributed by atoms with van der Waals surface area (Å²) in [6.45, 7) is 11.5. The summed E-state index contributed by atoms with van der Waals surface area (Å²) >= 11 is 0. The van der Waals surface area contributed by atoms with Crippen molar-refractivity contribution >= 4 is 11.8 Å². The summed E-state index contributed by atoms with van der Waals surface area (Å²) < 4.78 is 5.77. The monoisotopic (exact) mass is 378 g/mol. The van der Waals surface area contributed by atoms with E-state index in [-0.39, 0.29) is 29.0 Å². The Morgan fingerprint density at radius 1 is 1.33 bits per heavy atom. The van der Waals surface area contributed by atoms with Crippen molar-refractivity contribution in [3.8, 4) is 0 Å². The molecule has 0 saturated heterocycles. The fourth-order valence-electron chi connectivity index (χ4n) is 6.70. The van der Waals surface area contributed by atoms with Crippen LogP contribution in [0.25, 0.3) is 0 Å². The first kappa shape index (κ1) is 20.5. The van der Waals surface area contributed by atoms with Crippen LogP contribution in [0.15, 0.2) is 12.7 Å². The number of hydrogen-bond acceptors (Lipinski definition) is 5. The predicted octanol–water partition coefficient (Wildman–Crippen LogP) is 2.89. The number of Topliss-reactive ketones (excluding diaryl/α,β-unsaturated/α-hetero) is 1. The van der Waals surface area contributed by atoms with Gasteiger partial charge in [0.1, 0.15) is 18.5 Å². The van der Waals surface area contributed by atoms with E-state index in [1.165, 1.54) is 0 Å². The van der Waals surface area contributed by atoms with Crippen LogP contribution in [0, 0.1) is 34.0 Å². The number of hydrogen-bond donors (Lipinski definition) is 2. The van der Waals surface area contributed by atoms with Gasteiger partial charge < -0.3 is 14.9 Å². The molecule has 3 aliphatic carbocycles. The number of ether oxygens (including phenoxy) is 1. The molecule has 8 atom stereocenters. The Bertz CT molecular complexity index is 645. The zero-order valence-electron chi connectivity index (χ0n) is 17.0. The molecule has 3 saturated carbocycles. The number of carbonyl (C=O) groups excluding carboxylic acids is 2. The molecule has 0 aliphatic heterocycles. The molecular formula is C22H34O5. The van der Waals surface area contributed by atoms with Gasteiger partial charge in [0, 0.05) is 23.2 Å². The standard InChI is InChI=1S/C22H34O5/c1-6-20(4)11-16(27-17(25)12-23)21(5)13(2)7-9-22(14(3)19(20)26)10-8-15(24)18(21)22/h6,13-14,16,18-19,23,26H,1,7-12H2,2-5H3/t13-,14+,16-,18-,19-,20-,21+,22-/m1/s1. The van der Waals surface area contributed by atoms with Gasteiger partial charge in [-0.3, -0.25) is 4.79 Å². The van der Waals surface area contributed by atoms with Crippen molar-refractivity contribution in [1.82, 2.24) is 0 Å². The molecule has 152 valence electrons. The number of carbonyl (C=O) groups is 2. The summed E-state index contributed by atoms with van der Waals surface area (Å²) in [5.41, 5.74) is -1.43. The van der Waals surface area contributed by atoms with Gasteiger partial charge in [0.15, 0.2) is 0 Å². The van der Waals surface area contributed by atoms with Crippen molar-refractivity contribution in [2.75, 3.05) is 6.61 Å². The largest absolute Gasteiger partial charge is 0.460 e. The third kappa shape index (κ3) is 2.72. The highest BCUT2D eigenvalue weighted by Crippen LogP contribution is 2.67. The summed E-state index contributed by atoms with van der Waals surface area (Å²) in [6.07, 6.45) is 4.10. The average Bonchev–Trinajstić information content (AvgIpc) is 3.00. The van der Waals surface area contributed by atoms with Crippen molar-refractivity contribution < 1.29 is 24.5 Å². The van der Waals surface area contributed by atoms with Crippen LogP contribution in [0.5, 0.6) is 0 Å². The topological polar surface area (TPSA) is 83.8 Å². The van der Waals surface area contributed by atoms with Gasteiger partial charge in [-0.15, -0.1) is 6.58 Å². The van der Waals surface area contributed by atoms with Crippen LogP contribution in [-0.2, 0) is 14.3 Å². The quantitative estimate of drug-likeness (QED) is 0.583. The summed E-state index contributed by atoms with van der Waals surface area (Å²) in [5, 5.41) is 20.6. The lowest BCUT2D eigenvalue weighted by Crippen LogP contribution is -2.63. The van der Waals surface area contributed by atoms with Gasteiger partial charge in [0.25, 0.3) is 0 Å². The number of aliphatic hydroxyl groups is 2. The van der Waals surface area contributed by atoms with Crippen LogP contribution in [0.3, 0.4) is 0 Å². The van der Waals surface area contributed by atoms with E-state index in [0.717, 1.165) is 19.3 Å². The number of esters is 1. The van der Waals surface area contributed by atoms with Gasteiger partial charge in [-0.1, -0.05) is 33.8 Å². The van der Waals surface area contributed by atoms with E-state index in [2.05, 4.69) is 27.4 Å². The Balaban J connectivity index is 2.21. The second kappa shape index (κ2) is 6.70. The van der Waals surface area contributed by atoms with Gasteiger partial charge in [0.2, 0.25) is 0 Å². The summed E-state index contributed by atoms with van der Waals surface area (Å²) in [5.74, 6) is -0.520. The van der Waals surface area contributed by atoms with E-state index in [1.54, 1.807) is 6.08 Å². The Morgan fingerprint density at radius 2 is 2.00 bits per heavy atom. The van der Waals surface area contributed by atoms with Crippen LogP contribution in [0.4, 0.5) is 0 Å². The molecule has 27 heavy (non-hydrogen) atoms. The van der Waals surface area contributed by atoms with E-state index in [1.807, 2.05) is 6.92 Å². The maximum Gasteiger partial charge on any atom is 0.332 e. The molecule has 0 aromatic carbocycles. The van der Waals surface area contributed by atoms with E-state index in [9.17, 15) is 19.8 Å². The van der Waals surface area contributed by atoms with Gasteiger partial charge in [0.05, 0.1) is 6.10 Å². The first-order valence-electron chi connectivity index (χ1n) is 10.2. The van der Waals surface area contributed by atoms with E-state index in [4.69, 9.17) is 4.74 Å². The Kier molecular flexibility index (Phi) is 5.09. The number of ketones is 1. The first-order valence-corrected chi connectivity index (χ1v) is 10.2. The Morgan fingerprint density at radius 3 is 2.59 bits per heavy atom. The van der Waals surface area contributed by atoms with E-state index < -0.39 is 35.6 Å². The molecule has 3 aliphatic rings. The average molecular weight is 379 g/mol. The summed E-state index contributed by atoms with van der Waals surface area (Å²) in [7, 11) is 0. The molecule has 2 bridgehead atoms. The van der Waals surface area contributed by atoms with Crippen LogP contribution in [0.1, 0.15) is 59.8 Å². The molecular weight excluding hydrogens is 344 g/mol. The maximum absolute atomic E-state index is 13.1. The Hall–Kier alpha value is -1.20. The molecule has 0 aromatic heterocycles. The molecule has 3 fully saturated rings. The van der Waals surface area contributed by atoms with Gasteiger partial charge in [-0.05, 0) is 42.9 Å². The van der Waals surface area contributed by atoms with Crippen molar-refractivity contribution in [2.24, 2.45) is 34.0 Å². The van der Waals surface area contributed by atoms with E-state index in [0.29, 0.717) is 12.8 Å². The lowest BCUT2D eigenvalue weighted by molar-refractivity contribution is -0.207. The van der Waals surface area contributed by atoms with Crippen molar-refractivity contribution in [2.45, 2.75) is 72.0 Å². The van der Waals surface area contributed by atoms with Crippen LogP contribution in [0.2, 0.25) is 0 Å². The second-order valence-corrected chi connectivity index (χ2v) is 9.72. The predicted molar refractivity (Wildman–Crippen MR) is 102 cm³/mol. The smallest absolute Gasteiger partial charge is 0.332 e. The fourth-order valence-corrected chi connectivity index (χ4v) is 6.70. The van der Waals surface area contributed by atoms with Crippen molar-refractivity contribution in [3.63, 3.8) is 0 Å². The molecule has 0 unspecified atom stereocenters. The minimum atomic E-state index is -0.686. The molecule has 0 aromatic rings. The highest BCUT2D eigenvalue weighted by molar-refractivity contribution is 5.85. The van der Waals surface area contributed by atoms with Crippen LogP contribution < -0.4 is 0 Å². The SMILES string of the molecule is C=C[C@]1(C)C[C@@H](OC(=O)CO)[C@]2(C)[C@H](C)CC[C@@]3(CCC(=O)[C@@H]32)[C@@H](C)[C@H]1O. The summed E-state index contributed by atoms with van der Waals surface area (Å²) in [4.78, 5) is 25.2. The van der Waals surface area contributed by atoms with Crippen LogP contribution in [-0.4, -0.2) is 40.8 Å². The minimum absolute atomic E-state index is 0.0433. The normalized spacial score (nSPS) is 49.7. The third-order valence-corrected chi connectivity index (χ3v) is 8.70. The van der Waals surface area contributed by atoms with E-state index >= 15 is 0 Å². The maximum atomic E-state index is 13.1. The zero-order chi connectivity index (χ0) is 20.2. The van der Waals surface area contributed by atoms with Crippen LogP contribution >= 0.6 is 0 Å². The highest BCUT2D eigenvalue weighted by atomic mass is 16.6. The lowest BCUT2D eigenvalue weighted by atomic mass is 9.44. The molecule has 0 amide bonds. The van der Waals surface area contributed by atoms with Gasteiger partial charge in [-0.2, -0.15) is 0 Å². The molecule has 0 radical (unpaired) electrons. The fraction of sp³-hybridized carbons (Fsp3) is 0.818. The Labute approximate surface area is 162 Å². The lowest BCUT2D eigenvalue weighted by Gasteiger charge is -2.61. The first-order chi connectivity index (χ1) is 12.6. The molecule has 0 heterocycles. The highest BCUT2D eigenvalue weighted by Gasteiger charge is 2.68. The molecule has 2 N–H and O–H groups in total. The number of aliphatic hydroxyl groups excluding tert-OH is 2. The molecule has 0 spiro atoms. The van der Waals surface area contributed by atoms with Crippen molar-refractivity contribution in [1.29, 1.82) is 0 Å². The third-order valence-electron chi connectivity index (χ3n) is 8.70. The minimum Gasteiger partial charge on any atom is -0.460 e. The number of rotatable bonds is 3. The van der Waals surface area contributed by atoms with Gasteiger partial charge >= 0.3 is 5.97 Å². The molecule has 5 nitrogen and oxygen atoms in total. The van der Waals surface area contributed by atoms with Gasteiger partial charge in [-0.25, -0.2) is 4.79 Å². The van der Waals surface area contributed by atoms with Crippen molar-refractivity contribution in [3.05, 3.63) is 12.7 Å². The zero-order valence-corrected chi connectivity index (χ0v) is 17.0.